The molecule has 14 heavy (non-hydrogen) atoms. The van der Waals surface area contributed by atoms with Crippen LogP contribution in [0.25, 0.3) is 0 Å². The van der Waals surface area contributed by atoms with E-state index in [0.717, 1.165) is 12.3 Å². The highest BCUT2D eigenvalue weighted by Gasteiger charge is 2.13. The summed E-state index contributed by atoms with van der Waals surface area (Å²) >= 11 is 0. The van der Waals surface area contributed by atoms with Gasteiger partial charge in [0, 0.05) is 14.2 Å². The number of piperidine rings is 1. The second kappa shape index (κ2) is 7.21. The highest BCUT2D eigenvalue weighted by Crippen LogP contribution is 2.19. The lowest BCUT2D eigenvalue weighted by Crippen LogP contribution is -2.27. The summed E-state index contributed by atoms with van der Waals surface area (Å²) in [5.41, 5.74) is 0. The fourth-order valence-electron chi connectivity index (χ4n) is 2.08. The molecule has 0 unspecified atom stereocenters. The first kappa shape index (κ1) is 12.0. The van der Waals surface area contributed by atoms with E-state index < -0.39 is 0 Å². The highest BCUT2D eigenvalue weighted by atomic mass is 16.7. The van der Waals surface area contributed by atoms with Crippen LogP contribution in [-0.2, 0) is 9.47 Å². The standard InChI is InChI=1S/C11H23NO2/c1-13-11(14-2)5-3-4-10-6-8-12-9-7-10/h10-12H,3-9H2,1-2H3. The molecule has 84 valence electrons. The molecule has 1 fully saturated rings. The van der Waals surface area contributed by atoms with Crippen LogP contribution in [0.4, 0.5) is 0 Å². The molecule has 0 radical (unpaired) electrons. The van der Waals surface area contributed by atoms with E-state index in [1.54, 1.807) is 14.2 Å². The van der Waals surface area contributed by atoms with Gasteiger partial charge in [-0.25, -0.2) is 0 Å². The van der Waals surface area contributed by atoms with Gasteiger partial charge in [0.25, 0.3) is 0 Å². The molecule has 1 aliphatic rings. The van der Waals surface area contributed by atoms with E-state index >= 15 is 0 Å². The largest absolute Gasteiger partial charge is 0.356 e. The van der Waals surface area contributed by atoms with Gasteiger partial charge in [0.1, 0.15) is 0 Å². The lowest BCUT2D eigenvalue weighted by Gasteiger charge is -2.23. The molecule has 1 saturated heterocycles. The minimum atomic E-state index is -0.00304. The molecule has 1 rings (SSSR count). The zero-order chi connectivity index (χ0) is 10.2. The Labute approximate surface area is 87.2 Å². The molecule has 1 N–H and O–H groups in total. The van der Waals surface area contributed by atoms with Gasteiger partial charge in [-0.05, 0) is 44.7 Å². The van der Waals surface area contributed by atoms with Gasteiger partial charge in [0.2, 0.25) is 0 Å². The number of rotatable bonds is 6. The Bertz CT molecular complexity index is 131. The van der Waals surface area contributed by atoms with E-state index in [1.807, 2.05) is 0 Å². The number of hydrogen-bond acceptors (Lipinski definition) is 3. The summed E-state index contributed by atoms with van der Waals surface area (Å²) in [6.07, 6.45) is 6.24. The SMILES string of the molecule is COC(CCCC1CCNCC1)OC. The summed E-state index contributed by atoms with van der Waals surface area (Å²) in [6, 6.07) is 0. The third-order valence-electron chi connectivity index (χ3n) is 3.04. The maximum Gasteiger partial charge on any atom is 0.156 e. The van der Waals surface area contributed by atoms with Crippen molar-refractivity contribution < 1.29 is 9.47 Å². The third kappa shape index (κ3) is 4.40. The molecule has 0 bridgehead atoms. The van der Waals surface area contributed by atoms with Crippen LogP contribution >= 0.6 is 0 Å². The Hall–Kier alpha value is -0.120. The maximum atomic E-state index is 5.15. The van der Waals surface area contributed by atoms with Gasteiger partial charge >= 0.3 is 0 Å². The van der Waals surface area contributed by atoms with E-state index in [2.05, 4.69) is 5.32 Å². The fourth-order valence-corrected chi connectivity index (χ4v) is 2.08. The Kier molecular flexibility index (Phi) is 6.15. The molecule has 1 aliphatic heterocycles. The van der Waals surface area contributed by atoms with Gasteiger partial charge in [-0.2, -0.15) is 0 Å². The predicted molar refractivity (Wildman–Crippen MR) is 57.3 cm³/mol. The van der Waals surface area contributed by atoms with Crippen molar-refractivity contribution in [1.82, 2.24) is 5.32 Å². The molecule has 1 heterocycles. The van der Waals surface area contributed by atoms with Crippen LogP contribution in [0.5, 0.6) is 0 Å². The summed E-state index contributed by atoms with van der Waals surface area (Å²) in [5, 5.41) is 3.39. The molecule has 0 saturated carbocycles. The first-order chi connectivity index (χ1) is 6.86. The number of ether oxygens (including phenoxy) is 2. The predicted octanol–water partition coefficient (Wildman–Crippen LogP) is 1.78. The normalized spacial score (nSPS) is 19.1. The van der Waals surface area contributed by atoms with Crippen LogP contribution in [0.1, 0.15) is 32.1 Å². The molecular weight excluding hydrogens is 178 g/mol. The molecular formula is C11H23NO2. The minimum absolute atomic E-state index is 0.00304. The van der Waals surface area contributed by atoms with Gasteiger partial charge in [0.05, 0.1) is 0 Å². The summed E-state index contributed by atoms with van der Waals surface area (Å²) in [7, 11) is 3.41. The van der Waals surface area contributed by atoms with Crippen LogP contribution in [-0.4, -0.2) is 33.6 Å². The number of methoxy groups -OCH3 is 2. The van der Waals surface area contributed by atoms with Gasteiger partial charge < -0.3 is 14.8 Å². The fraction of sp³-hybridized carbons (Fsp3) is 1.00. The van der Waals surface area contributed by atoms with Crippen molar-refractivity contribution >= 4 is 0 Å². The molecule has 0 amide bonds. The van der Waals surface area contributed by atoms with E-state index in [-0.39, 0.29) is 6.29 Å². The molecule has 0 aromatic carbocycles. The van der Waals surface area contributed by atoms with Gasteiger partial charge in [-0.1, -0.05) is 6.42 Å². The van der Waals surface area contributed by atoms with Gasteiger partial charge in [-0.15, -0.1) is 0 Å². The maximum absolute atomic E-state index is 5.15. The first-order valence-electron chi connectivity index (χ1n) is 5.63. The van der Waals surface area contributed by atoms with Crippen LogP contribution in [0.3, 0.4) is 0 Å². The van der Waals surface area contributed by atoms with Crippen molar-refractivity contribution in [3.63, 3.8) is 0 Å². The lowest BCUT2D eigenvalue weighted by molar-refractivity contribution is -0.107. The van der Waals surface area contributed by atoms with E-state index in [9.17, 15) is 0 Å². The van der Waals surface area contributed by atoms with Crippen molar-refractivity contribution in [2.75, 3.05) is 27.3 Å². The van der Waals surface area contributed by atoms with Crippen molar-refractivity contribution in [2.24, 2.45) is 5.92 Å². The Morgan fingerprint density at radius 1 is 1.21 bits per heavy atom. The van der Waals surface area contributed by atoms with Crippen molar-refractivity contribution in [3.05, 3.63) is 0 Å². The van der Waals surface area contributed by atoms with Crippen molar-refractivity contribution in [3.8, 4) is 0 Å². The third-order valence-corrected chi connectivity index (χ3v) is 3.04. The quantitative estimate of drug-likeness (QED) is 0.664. The lowest BCUT2D eigenvalue weighted by atomic mass is 9.92. The van der Waals surface area contributed by atoms with E-state index in [4.69, 9.17) is 9.47 Å². The van der Waals surface area contributed by atoms with Gasteiger partial charge in [0.15, 0.2) is 6.29 Å². The zero-order valence-electron chi connectivity index (χ0n) is 9.42. The second-order valence-electron chi connectivity index (χ2n) is 4.03. The minimum Gasteiger partial charge on any atom is -0.356 e. The van der Waals surface area contributed by atoms with E-state index in [1.165, 1.54) is 38.8 Å². The Morgan fingerprint density at radius 2 is 1.86 bits per heavy atom. The summed E-state index contributed by atoms with van der Waals surface area (Å²) < 4.78 is 10.3. The second-order valence-corrected chi connectivity index (χ2v) is 4.03. The summed E-state index contributed by atoms with van der Waals surface area (Å²) in [6.45, 7) is 2.39. The summed E-state index contributed by atoms with van der Waals surface area (Å²) in [4.78, 5) is 0. The van der Waals surface area contributed by atoms with Crippen LogP contribution in [0.15, 0.2) is 0 Å². The smallest absolute Gasteiger partial charge is 0.156 e. The average Bonchev–Trinajstić information content (AvgIpc) is 2.26. The van der Waals surface area contributed by atoms with Crippen LogP contribution in [0.2, 0.25) is 0 Å². The summed E-state index contributed by atoms with van der Waals surface area (Å²) in [5.74, 6) is 0.922. The topological polar surface area (TPSA) is 30.5 Å². The average molecular weight is 201 g/mol. The molecule has 0 aromatic heterocycles. The van der Waals surface area contributed by atoms with Gasteiger partial charge in [-0.3, -0.25) is 0 Å². The monoisotopic (exact) mass is 201 g/mol. The number of nitrogens with one attached hydrogen (secondary N) is 1. The first-order valence-corrected chi connectivity index (χ1v) is 5.63. The number of hydrogen-bond donors (Lipinski definition) is 1. The zero-order valence-corrected chi connectivity index (χ0v) is 9.42. The molecule has 0 atom stereocenters. The van der Waals surface area contributed by atoms with Crippen LogP contribution < -0.4 is 5.32 Å². The molecule has 0 spiro atoms. The highest BCUT2D eigenvalue weighted by molar-refractivity contribution is 4.68. The molecule has 0 aliphatic carbocycles. The molecule has 3 heteroatoms. The molecule has 0 aromatic rings. The van der Waals surface area contributed by atoms with Crippen molar-refractivity contribution in [2.45, 2.75) is 38.4 Å². The Balaban J connectivity index is 2.01. The van der Waals surface area contributed by atoms with Crippen molar-refractivity contribution in [1.29, 1.82) is 0 Å². The Morgan fingerprint density at radius 3 is 2.43 bits per heavy atom. The van der Waals surface area contributed by atoms with Crippen LogP contribution in [0, 0.1) is 5.92 Å². The molecule has 3 nitrogen and oxygen atoms in total. The van der Waals surface area contributed by atoms with E-state index in [0.29, 0.717) is 0 Å².